The summed E-state index contributed by atoms with van der Waals surface area (Å²) in [5, 5.41) is 8.98. The molecular weight excluding hydrogens is 258 g/mol. The second kappa shape index (κ2) is 6.41. The molecule has 0 aliphatic carbocycles. The Bertz CT molecular complexity index is 567. The van der Waals surface area contributed by atoms with Gasteiger partial charge < -0.3 is 10.8 Å². The molecule has 0 spiro atoms. The number of primary amides is 1. The van der Waals surface area contributed by atoms with Crippen LogP contribution < -0.4 is 5.73 Å². The molecule has 0 radical (unpaired) electrons. The van der Waals surface area contributed by atoms with Gasteiger partial charge in [-0.3, -0.25) is 4.79 Å². The van der Waals surface area contributed by atoms with Crippen molar-refractivity contribution in [3.63, 3.8) is 0 Å². The second-order valence-electron chi connectivity index (χ2n) is 4.11. The first-order valence-corrected chi connectivity index (χ1v) is 6.89. The normalized spacial score (nSPS) is 10.4. The van der Waals surface area contributed by atoms with Crippen molar-refractivity contribution < 1.29 is 9.90 Å². The largest absolute Gasteiger partial charge is 0.392 e. The number of aliphatic hydroxyl groups is 1. The molecule has 2 aromatic carbocycles. The molecule has 0 saturated heterocycles. The lowest BCUT2D eigenvalue weighted by atomic mass is 10.1. The zero-order chi connectivity index (χ0) is 13.7. The van der Waals surface area contributed by atoms with Crippen LogP contribution in [0.3, 0.4) is 0 Å². The Kier molecular flexibility index (Phi) is 4.60. The van der Waals surface area contributed by atoms with Gasteiger partial charge in [0.2, 0.25) is 5.91 Å². The highest BCUT2D eigenvalue weighted by atomic mass is 32.2. The van der Waals surface area contributed by atoms with Crippen molar-refractivity contribution in [2.75, 3.05) is 0 Å². The maximum Gasteiger partial charge on any atom is 0.249 e. The Hall–Kier alpha value is -1.78. The van der Waals surface area contributed by atoms with E-state index < -0.39 is 5.91 Å². The third-order valence-electron chi connectivity index (χ3n) is 2.78. The minimum atomic E-state index is -0.396. The molecule has 3 N–H and O–H groups in total. The predicted octanol–water partition coefficient (Wildman–Crippen LogP) is 2.57. The van der Waals surface area contributed by atoms with Crippen LogP contribution >= 0.6 is 11.8 Å². The van der Waals surface area contributed by atoms with Crippen molar-refractivity contribution in [1.29, 1.82) is 0 Å². The first-order chi connectivity index (χ1) is 9.20. The second-order valence-corrected chi connectivity index (χ2v) is 5.16. The number of aliphatic hydroxyl groups excluding tert-OH is 1. The number of carbonyl (C=O) groups excluding carboxylic acids is 1. The molecule has 0 fully saturated rings. The molecule has 1 amide bonds. The van der Waals surface area contributed by atoms with E-state index in [1.807, 2.05) is 42.5 Å². The molecule has 4 heteroatoms. The lowest BCUT2D eigenvalue weighted by Gasteiger charge is -2.06. The van der Waals surface area contributed by atoms with E-state index in [1.54, 1.807) is 17.8 Å². The Balaban J connectivity index is 2.07. The van der Waals surface area contributed by atoms with E-state index >= 15 is 0 Å². The number of nitrogens with two attached hydrogens (primary N) is 1. The van der Waals surface area contributed by atoms with E-state index in [0.29, 0.717) is 11.3 Å². The maximum absolute atomic E-state index is 11.3. The summed E-state index contributed by atoms with van der Waals surface area (Å²) in [7, 11) is 0. The SMILES string of the molecule is NC(=O)c1ccccc1CSc1ccc(CO)cc1. The van der Waals surface area contributed by atoms with Crippen LogP contribution in [0.5, 0.6) is 0 Å². The highest BCUT2D eigenvalue weighted by Crippen LogP contribution is 2.24. The highest BCUT2D eigenvalue weighted by Gasteiger charge is 2.07. The highest BCUT2D eigenvalue weighted by molar-refractivity contribution is 7.98. The third kappa shape index (κ3) is 3.59. The minimum absolute atomic E-state index is 0.0510. The molecule has 0 unspecified atom stereocenters. The number of hydrogen-bond acceptors (Lipinski definition) is 3. The van der Waals surface area contributed by atoms with E-state index in [1.165, 1.54) is 0 Å². The molecule has 0 bridgehead atoms. The Morgan fingerprint density at radius 3 is 2.42 bits per heavy atom. The smallest absolute Gasteiger partial charge is 0.249 e. The van der Waals surface area contributed by atoms with E-state index in [-0.39, 0.29) is 6.61 Å². The van der Waals surface area contributed by atoms with E-state index in [9.17, 15) is 4.79 Å². The van der Waals surface area contributed by atoms with E-state index in [0.717, 1.165) is 16.0 Å². The summed E-state index contributed by atoms with van der Waals surface area (Å²) in [4.78, 5) is 12.4. The van der Waals surface area contributed by atoms with Crippen LogP contribution in [-0.4, -0.2) is 11.0 Å². The molecule has 2 aromatic rings. The zero-order valence-corrected chi connectivity index (χ0v) is 11.2. The van der Waals surface area contributed by atoms with Crippen molar-refractivity contribution in [2.45, 2.75) is 17.3 Å². The van der Waals surface area contributed by atoms with E-state index in [2.05, 4.69) is 0 Å². The number of rotatable bonds is 5. The zero-order valence-electron chi connectivity index (χ0n) is 10.4. The average molecular weight is 273 g/mol. The molecule has 0 aliphatic heterocycles. The van der Waals surface area contributed by atoms with Crippen LogP contribution in [-0.2, 0) is 12.4 Å². The van der Waals surface area contributed by atoms with Gasteiger partial charge in [-0.25, -0.2) is 0 Å². The van der Waals surface area contributed by atoms with E-state index in [4.69, 9.17) is 10.8 Å². The molecule has 0 aromatic heterocycles. The van der Waals surface area contributed by atoms with Gasteiger partial charge in [0.15, 0.2) is 0 Å². The van der Waals surface area contributed by atoms with Gasteiger partial charge in [-0.2, -0.15) is 0 Å². The monoisotopic (exact) mass is 273 g/mol. The van der Waals surface area contributed by atoms with Crippen LogP contribution in [0.1, 0.15) is 21.5 Å². The van der Waals surface area contributed by atoms with Crippen LogP contribution in [0, 0.1) is 0 Å². The van der Waals surface area contributed by atoms with Gasteiger partial charge in [0.25, 0.3) is 0 Å². The van der Waals surface area contributed by atoms with Crippen LogP contribution in [0.4, 0.5) is 0 Å². The molecule has 2 rings (SSSR count). The van der Waals surface area contributed by atoms with Crippen molar-refractivity contribution in [1.82, 2.24) is 0 Å². The molecule has 0 saturated carbocycles. The third-order valence-corrected chi connectivity index (χ3v) is 3.84. The topological polar surface area (TPSA) is 63.3 Å². The van der Waals surface area contributed by atoms with Gasteiger partial charge in [0.1, 0.15) is 0 Å². The Morgan fingerprint density at radius 2 is 1.79 bits per heavy atom. The Morgan fingerprint density at radius 1 is 1.11 bits per heavy atom. The van der Waals surface area contributed by atoms with Gasteiger partial charge in [0, 0.05) is 16.2 Å². The lowest BCUT2D eigenvalue weighted by molar-refractivity contribution is 0.0999. The summed E-state index contributed by atoms with van der Waals surface area (Å²) < 4.78 is 0. The average Bonchev–Trinajstić information content (AvgIpc) is 2.46. The summed E-state index contributed by atoms with van der Waals surface area (Å²) in [6.45, 7) is 0.0510. The number of hydrogen-bond donors (Lipinski definition) is 2. The molecule has 0 atom stereocenters. The summed E-state index contributed by atoms with van der Waals surface area (Å²) in [5.41, 5.74) is 7.74. The fraction of sp³-hybridized carbons (Fsp3) is 0.133. The number of benzene rings is 2. The summed E-state index contributed by atoms with van der Waals surface area (Å²) in [6.07, 6.45) is 0. The molecule has 98 valence electrons. The van der Waals surface area contributed by atoms with Crippen LogP contribution in [0.2, 0.25) is 0 Å². The van der Waals surface area contributed by atoms with Gasteiger partial charge in [-0.1, -0.05) is 30.3 Å². The van der Waals surface area contributed by atoms with Gasteiger partial charge >= 0.3 is 0 Å². The Labute approximate surface area is 116 Å². The maximum atomic E-state index is 11.3. The van der Waals surface area contributed by atoms with Crippen molar-refractivity contribution >= 4 is 17.7 Å². The summed E-state index contributed by atoms with van der Waals surface area (Å²) >= 11 is 1.63. The van der Waals surface area contributed by atoms with Gasteiger partial charge in [0.05, 0.1) is 6.61 Å². The van der Waals surface area contributed by atoms with Gasteiger partial charge in [-0.05, 0) is 29.3 Å². The van der Waals surface area contributed by atoms with Crippen LogP contribution in [0.25, 0.3) is 0 Å². The molecule has 3 nitrogen and oxygen atoms in total. The fourth-order valence-electron chi connectivity index (χ4n) is 1.74. The van der Waals surface area contributed by atoms with Crippen molar-refractivity contribution in [2.24, 2.45) is 5.73 Å². The van der Waals surface area contributed by atoms with Gasteiger partial charge in [-0.15, -0.1) is 11.8 Å². The molecule has 0 heterocycles. The first-order valence-electron chi connectivity index (χ1n) is 5.91. The first kappa shape index (κ1) is 13.6. The van der Waals surface area contributed by atoms with Crippen molar-refractivity contribution in [3.8, 4) is 0 Å². The predicted molar refractivity (Wildman–Crippen MR) is 76.9 cm³/mol. The number of carbonyl (C=O) groups is 1. The fourth-order valence-corrected chi connectivity index (χ4v) is 2.64. The summed E-state index contributed by atoms with van der Waals surface area (Å²) in [5.74, 6) is 0.296. The molecule has 0 aliphatic rings. The number of amides is 1. The lowest BCUT2D eigenvalue weighted by Crippen LogP contribution is -2.13. The minimum Gasteiger partial charge on any atom is -0.392 e. The summed E-state index contributed by atoms with van der Waals surface area (Å²) in [6, 6.07) is 15.1. The molecule has 19 heavy (non-hydrogen) atoms. The van der Waals surface area contributed by atoms with Crippen LogP contribution in [0.15, 0.2) is 53.4 Å². The standard InChI is InChI=1S/C15H15NO2S/c16-15(18)14-4-2-1-3-12(14)10-19-13-7-5-11(9-17)6-8-13/h1-8,17H,9-10H2,(H2,16,18). The quantitative estimate of drug-likeness (QED) is 0.823. The van der Waals surface area contributed by atoms with Crippen molar-refractivity contribution in [3.05, 3.63) is 65.2 Å². The molecular formula is C15H15NO2S. The number of thioether (sulfide) groups is 1.